The lowest BCUT2D eigenvalue weighted by Gasteiger charge is -2.26. The second-order valence-corrected chi connectivity index (χ2v) is 5.22. The van der Waals surface area contributed by atoms with Crippen molar-refractivity contribution in [3.63, 3.8) is 0 Å². The van der Waals surface area contributed by atoms with Crippen LogP contribution in [-0.4, -0.2) is 10.5 Å². The summed E-state index contributed by atoms with van der Waals surface area (Å²) in [5.74, 6) is 0.832. The molecule has 0 atom stereocenters. The summed E-state index contributed by atoms with van der Waals surface area (Å²) >= 11 is 6.05. The van der Waals surface area contributed by atoms with Crippen molar-refractivity contribution in [1.82, 2.24) is 10.3 Å². The van der Waals surface area contributed by atoms with Crippen molar-refractivity contribution in [2.75, 3.05) is 0 Å². The van der Waals surface area contributed by atoms with Crippen LogP contribution in [0, 0.1) is 5.92 Å². The van der Waals surface area contributed by atoms with Crippen molar-refractivity contribution in [2.45, 2.75) is 38.8 Å². The van der Waals surface area contributed by atoms with E-state index in [1.807, 2.05) is 6.07 Å². The third kappa shape index (κ3) is 2.70. The van der Waals surface area contributed by atoms with Crippen LogP contribution in [0.25, 0.3) is 0 Å². The molecule has 0 radical (unpaired) electrons. The monoisotopic (exact) mass is 224 g/mol. The van der Waals surface area contributed by atoms with E-state index in [-0.39, 0.29) is 5.54 Å². The van der Waals surface area contributed by atoms with E-state index >= 15 is 0 Å². The maximum absolute atomic E-state index is 6.05. The molecule has 1 heterocycles. The summed E-state index contributed by atoms with van der Waals surface area (Å²) in [5, 5.41) is 4.31. The molecular formula is C12H17ClN2. The number of hydrogen-bond acceptors (Lipinski definition) is 2. The Bertz CT molecular complexity index is 345. The Morgan fingerprint density at radius 1 is 1.53 bits per heavy atom. The van der Waals surface area contributed by atoms with E-state index in [4.69, 9.17) is 11.6 Å². The molecule has 0 spiro atoms. The molecule has 0 aromatic carbocycles. The first-order valence-electron chi connectivity index (χ1n) is 5.43. The molecule has 1 N–H and O–H groups in total. The van der Waals surface area contributed by atoms with Gasteiger partial charge in [-0.1, -0.05) is 11.6 Å². The summed E-state index contributed by atoms with van der Waals surface area (Å²) in [6, 6.07) is 1.97. The molecule has 2 rings (SSSR count). The second kappa shape index (κ2) is 4.11. The van der Waals surface area contributed by atoms with Gasteiger partial charge in [0.1, 0.15) is 0 Å². The molecular weight excluding hydrogens is 208 g/mol. The fraction of sp³-hybridized carbons (Fsp3) is 0.583. The molecule has 3 heteroatoms. The largest absolute Gasteiger partial charge is 0.307 e. The highest BCUT2D eigenvalue weighted by molar-refractivity contribution is 6.31. The van der Waals surface area contributed by atoms with Crippen LogP contribution in [0.3, 0.4) is 0 Å². The van der Waals surface area contributed by atoms with E-state index in [9.17, 15) is 0 Å². The molecule has 0 aliphatic heterocycles. The number of aromatic nitrogens is 1. The highest BCUT2D eigenvalue weighted by Gasteiger charge is 2.37. The van der Waals surface area contributed by atoms with E-state index in [2.05, 4.69) is 24.1 Å². The summed E-state index contributed by atoms with van der Waals surface area (Å²) < 4.78 is 0. The van der Waals surface area contributed by atoms with Crippen molar-refractivity contribution in [1.29, 1.82) is 0 Å². The molecule has 0 saturated heterocycles. The topological polar surface area (TPSA) is 24.9 Å². The molecule has 1 aromatic rings. The Balaban J connectivity index is 1.95. The molecule has 2 nitrogen and oxygen atoms in total. The fourth-order valence-electron chi connectivity index (χ4n) is 1.82. The van der Waals surface area contributed by atoms with Gasteiger partial charge in [0, 0.05) is 24.5 Å². The summed E-state index contributed by atoms with van der Waals surface area (Å²) in [4.78, 5) is 3.98. The number of hydrogen-bond donors (Lipinski definition) is 1. The third-order valence-electron chi connectivity index (χ3n) is 3.19. The van der Waals surface area contributed by atoms with Gasteiger partial charge >= 0.3 is 0 Å². The number of rotatable bonds is 4. The smallest absolute Gasteiger partial charge is 0.0634 e. The van der Waals surface area contributed by atoms with Gasteiger partial charge < -0.3 is 5.32 Å². The van der Waals surface area contributed by atoms with E-state index in [0.717, 1.165) is 23.0 Å². The zero-order chi connectivity index (χ0) is 10.9. The zero-order valence-corrected chi connectivity index (χ0v) is 10.0. The minimum Gasteiger partial charge on any atom is -0.307 e. The van der Waals surface area contributed by atoms with Gasteiger partial charge in [-0.3, -0.25) is 4.98 Å². The number of pyridine rings is 1. The van der Waals surface area contributed by atoms with Crippen LogP contribution in [0.4, 0.5) is 0 Å². The zero-order valence-electron chi connectivity index (χ0n) is 9.26. The van der Waals surface area contributed by atoms with Crippen LogP contribution in [0.2, 0.25) is 5.02 Å². The van der Waals surface area contributed by atoms with Crippen LogP contribution in [0.15, 0.2) is 18.5 Å². The van der Waals surface area contributed by atoms with Gasteiger partial charge in [0.25, 0.3) is 0 Å². The SMILES string of the molecule is CC(C)(NCc1ccncc1Cl)C1CC1. The molecule has 1 aliphatic carbocycles. The van der Waals surface area contributed by atoms with Crippen LogP contribution in [-0.2, 0) is 6.54 Å². The van der Waals surface area contributed by atoms with Gasteiger partial charge in [0.05, 0.1) is 5.02 Å². The van der Waals surface area contributed by atoms with Crippen molar-refractivity contribution in [2.24, 2.45) is 5.92 Å². The molecule has 1 fully saturated rings. The van der Waals surface area contributed by atoms with Gasteiger partial charge in [-0.05, 0) is 44.2 Å². The van der Waals surface area contributed by atoms with Crippen LogP contribution < -0.4 is 5.32 Å². The van der Waals surface area contributed by atoms with E-state index in [1.165, 1.54) is 12.8 Å². The van der Waals surface area contributed by atoms with Crippen LogP contribution in [0.1, 0.15) is 32.3 Å². The summed E-state index contributed by atoms with van der Waals surface area (Å²) in [7, 11) is 0. The Morgan fingerprint density at radius 3 is 2.87 bits per heavy atom. The predicted octanol–water partition coefficient (Wildman–Crippen LogP) is 3.01. The lowest BCUT2D eigenvalue weighted by molar-refractivity contribution is 0.339. The minimum absolute atomic E-state index is 0.229. The molecule has 0 bridgehead atoms. The average molecular weight is 225 g/mol. The summed E-state index contributed by atoms with van der Waals surface area (Å²) in [6.45, 7) is 5.35. The Morgan fingerprint density at radius 2 is 2.27 bits per heavy atom. The Hall–Kier alpha value is -0.600. The van der Waals surface area contributed by atoms with Gasteiger partial charge in [0.15, 0.2) is 0 Å². The van der Waals surface area contributed by atoms with Crippen molar-refractivity contribution >= 4 is 11.6 Å². The van der Waals surface area contributed by atoms with Crippen molar-refractivity contribution in [3.05, 3.63) is 29.0 Å². The number of nitrogens with one attached hydrogen (secondary N) is 1. The molecule has 0 unspecified atom stereocenters. The van der Waals surface area contributed by atoms with Crippen LogP contribution >= 0.6 is 11.6 Å². The van der Waals surface area contributed by atoms with Gasteiger partial charge in [0.2, 0.25) is 0 Å². The Labute approximate surface area is 96.1 Å². The first-order valence-corrected chi connectivity index (χ1v) is 5.81. The number of halogens is 1. The normalized spacial score (nSPS) is 16.7. The standard InChI is InChI=1S/C12H17ClN2/c1-12(2,10-3-4-10)15-7-9-5-6-14-8-11(9)13/h5-6,8,10,15H,3-4,7H2,1-2H3. The predicted molar refractivity (Wildman–Crippen MR) is 62.9 cm³/mol. The highest BCUT2D eigenvalue weighted by atomic mass is 35.5. The molecule has 82 valence electrons. The van der Waals surface area contributed by atoms with Crippen LogP contribution in [0.5, 0.6) is 0 Å². The molecule has 1 aliphatic rings. The van der Waals surface area contributed by atoms with E-state index < -0.39 is 0 Å². The third-order valence-corrected chi connectivity index (χ3v) is 3.53. The lowest BCUT2D eigenvalue weighted by Crippen LogP contribution is -2.40. The molecule has 1 saturated carbocycles. The first-order chi connectivity index (χ1) is 7.09. The van der Waals surface area contributed by atoms with Crippen molar-refractivity contribution in [3.8, 4) is 0 Å². The molecule has 15 heavy (non-hydrogen) atoms. The number of nitrogens with zero attached hydrogens (tertiary/aromatic N) is 1. The first kappa shape index (κ1) is 10.9. The van der Waals surface area contributed by atoms with Gasteiger partial charge in [-0.25, -0.2) is 0 Å². The van der Waals surface area contributed by atoms with Gasteiger partial charge in [-0.2, -0.15) is 0 Å². The van der Waals surface area contributed by atoms with E-state index in [1.54, 1.807) is 12.4 Å². The molecule has 0 amide bonds. The highest BCUT2D eigenvalue weighted by Crippen LogP contribution is 2.39. The minimum atomic E-state index is 0.229. The maximum Gasteiger partial charge on any atom is 0.0634 e. The van der Waals surface area contributed by atoms with Crippen molar-refractivity contribution < 1.29 is 0 Å². The average Bonchev–Trinajstić information content (AvgIpc) is 3.00. The maximum atomic E-state index is 6.05. The summed E-state index contributed by atoms with van der Waals surface area (Å²) in [5.41, 5.74) is 1.35. The Kier molecular flexibility index (Phi) is 2.98. The quantitative estimate of drug-likeness (QED) is 0.851. The van der Waals surface area contributed by atoms with E-state index in [0.29, 0.717) is 0 Å². The molecule has 1 aromatic heterocycles. The van der Waals surface area contributed by atoms with Gasteiger partial charge in [-0.15, -0.1) is 0 Å². The summed E-state index contributed by atoms with van der Waals surface area (Å²) in [6.07, 6.45) is 6.18. The lowest BCUT2D eigenvalue weighted by atomic mass is 9.98. The fourth-order valence-corrected chi connectivity index (χ4v) is 2.01. The second-order valence-electron chi connectivity index (χ2n) is 4.82.